The van der Waals surface area contributed by atoms with Crippen molar-refractivity contribution in [3.63, 3.8) is 0 Å². The number of aromatic nitrogens is 2. The van der Waals surface area contributed by atoms with Crippen LogP contribution in [0.5, 0.6) is 0 Å². The zero-order valence-electron chi connectivity index (χ0n) is 20.3. The van der Waals surface area contributed by atoms with Gasteiger partial charge in [0, 0.05) is 29.8 Å². The Morgan fingerprint density at radius 1 is 1.03 bits per heavy atom. The van der Waals surface area contributed by atoms with E-state index in [9.17, 15) is 35.9 Å². The van der Waals surface area contributed by atoms with E-state index in [1.807, 2.05) is 0 Å². The van der Waals surface area contributed by atoms with E-state index in [2.05, 4.69) is 15.3 Å². The van der Waals surface area contributed by atoms with Crippen molar-refractivity contribution in [1.29, 1.82) is 0 Å². The van der Waals surface area contributed by atoms with E-state index >= 15 is 4.39 Å². The Hall–Kier alpha value is -3.74. The van der Waals surface area contributed by atoms with E-state index in [4.69, 9.17) is 4.74 Å². The van der Waals surface area contributed by atoms with Gasteiger partial charge in [-0.1, -0.05) is 24.3 Å². The largest absolute Gasteiger partial charge is 0.417 e. The fraction of sp³-hybridized carbons (Fsp3) is 0.346. The van der Waals surface area contributed by atoms with Crippen LogP contribution in [0.15, 0.2) is 47.3 Å². The molecule has 13 heteroatoms. The van der Waals surface area contributed by atoms with E-state index in [1.165, 1.54) is 25.1 Å². The van der Waals surface area contributed by atoms with Crippen LogP contribution in [0.2, 0.25) is 0 Å². The van der Waals surface area contributed by atoms with Crippen molar-refractivity contribution in [2.24, 2.45) is 5.92 Å². The standard InChI is InChI=1S/C26H22F7N3O3/c1-13-8-20(37)36-23(35-13)21-19(26(31,32)33)7-6-14(22(21)27)11-34-24(38)16-9-17(10-16)39-12-15-4-2-3-5-18(15)25(28,29)30/h2-8,16-17H,9-12H2,1H3,(H,34,38)(H,35,36,37)/t16-,17-. The average Bonchev–Trinajstić information content (AvgIpc) is 2.80. The first kappa shape index (κ1) is 28.3. The number of carbonyl (C=O) groups excluding carboxylic acids is 1. The van der Waals surface area contributed by atoms with Crippen molar-refractivity contribution in [2.45, 2.75) is 51.4 Å². The number of hydrogen-bond donors (Lipinski definition) is 2. The Morgan fingerprint density at radius 3 is 2.33 bits per heavy atom. The molecule has 1 fully saturated rings. The molecular weight excluding hydrogens is 535 g/mol. The maximum Gasteiger partial charge on any atom is 0.417 e. The molecule has 1 aromatic heterocycles. The minimum absolute atomic E-state index is 0.0315. The average molecular weight is 557 g/mol. The molecule has 208 valence electrons. The third-order valence-electron chi connectivity index (χ3n) is 6.35. The highest BCUT2D eigenvalue weighted by atomic mass is 19.4. The van der Waals surface area contributed by atoms with Crippen molar-refractivity contribution in [3.05, 3.63) is 86.6 Å². The summed E-state index contributed by atoms with van der Waals surface area (Å²) in [4.78, 5) is 30.2. The maximum absolute atomic E-state index is 15.3. The van der Waals surface area contributed by atoms with Crippen LogP contribution in [0.1, 0.15) is 40.8 Å². The number of halogens is 7. The summed E-state index contributed by atoms with van der Waals surface area (Å²) in [5, 5.41) is 2.47. The maximum atomic E-state index is 15.3. The van der Waals surface area contributed by atoms with E-state index in [0.717, 1.165) is 18.2 Å². The highest BCUT2D eigenvalue weighted by molar-refractivity contribution is 5.79. The number of H-pyrrole nitrogens is 1. The van der Waals surface area contributed by atoms with Gasteiger partial charge in [0.1, 0.15) is 11.6 Å². The number of nitrogens with one attached hydrogen (secondary N) is 2. The highest BCUT2D eigenvalue weighted by Gasteiger charge is 2.38. The van der Waals surface area contributed by atoms with Gasteiger partial charge in [-0.2, -0.15) is 26.3 Å². The van der Waals surface area contributed by atoms with Crippen molar-refractivity contribution in [3.8, 4) is 11.4 Å². The zero-order chi connectivity index (χ0) is 28.5. The monoisotopic (exact) mass is 557 g/mol. The minimum Gasteiger partial charge on any atom is -0.373 e. The van der Waals surface area contributed by atoms with E-state index in [-0.39, 0.29) is 36.3 Å². The minimum atomic E-state index is -4.94. The van der Waals surface area contributed by atoms with Gasteiger partial charge in [-0.05, 0) is 37.5 Å². The molecular formula is C26H22F7N3O3. The Labute approximate surface area is 217 Å². The Balaban J connectivity index is 1.40. The van der Waals surface area contributed by atoms with Crippen LogP contribution in [0.25, 0.3) is 11.4 Å². The van der Waals surface area contributed by atoms with Crippen LogP contribution in [-0.2, 0) is 35.0 Å². The van der Waals surface area contributed by atoms with Crippen molar-refractivity contribution in [1.82, 2.24) is 15.3 Å². The van der Waals surface area contributed by atoms with E-state index in [0.29, 0.717) is 6.07 Å². The molecule has 0 atom stereocenters. The van der Waals surface area contributed by atoms with Crippen molar-refractivity contribution in [2.75, 3.05) is 0 Å². The normalized spacial score (nSPS) is 17.5. The number of rotatable bonds is 7. The first-order valence-corrected chi connectivity index (χ1v) is 11.8. The molecule has 1 amide bonds. The van der Waals surface area contributed by atoms with Gasteiger partial charge in [0.2, 0.25) is 5.91 Å². The van der Waals surface area contributed by atoms with Gasteiger partial charge in [0.15, 0.2) is 0 Å². The molecule has 1 heterocycles. The summed E-state index contributed by atoms with van der Waals surface area (Å²) in [6.45, 7) is 0.648. The number of benzene rings is 2. The van der Waals surface area contributed by atoms with Gasteiger partial charge in [0.25, 0.3) is 5.56 Å². The molecule has 2 aromatic carbocycles. The first-order chi connectivity index (χ1) is 18.2. The number of alkyl halides is 6. The molecule has 0 unspecified atom stereocenters. The predicted octanol–water partition coefficient (Wildman–Crippen LogP) is 5.53. The van der Waals surface area contributed by atoms with Crippen LogP contribution in [-0.4, -0.2) is 22.0 Å². The summed E-state index contributed by atoms with van der Waals surface area (Å²) in [5.41, 5.74) is -4.04. The number of aryl methyl sites for hydroxylation is 1. The third kappa shape index (κ3) is 6.47. The molecule has 1 aliphatic rings. The van der Waals surface area contributed by atoms with Gasteiger partial charge >= 0.3 is 12.4 Å². The molecule has 1 saturated carbocycles. The fourth-order valence-electron chi connectivity index (χ4n) is 4.29. The van der Waals surface area contributed by atoms with Crippen molar-refractivity contribution >= 4 is 5.91 Å². The van der Waals surface area contributed by atoms with Crippen LogP contribution in [0, 0.1) is 18.7 Å². The summed E-state index contributed by atoms with van der Waals surface area (Å²) < 4.78 is 101. The van der Waals surface area contributed by atoms with Gasteiger partial charge < -0.3 is 15.0 Å². The summed E-state index contributed by atoms with van der Waals surface area (Å²) in [6.07, 6.45) is -9.49. The Bertz CT molecular complexity index is 1430. The SMILES string of the molecule is Cc1cc(=O)[nH]c(-c2c(C(F)(F)F)ccc(CNC(=O)[C@H]3C[C@H](OCc4ccccc4C(F)(F)F)C3)c2F)n1. The molecule has 39 heavy (non-hydrogen) atoms. The number of carbonyl (C=O) groups is 1. The molecule has 3 aromatic rings. The quantitative estimate of drug-likeness (QED) is 0.374. The smallest absolute Gasteiger partial charge is 0.373 e. The zero-order valence-corrected chi connectivity index (χ0v) is 20.3. The third-order valence-corrected chi connectivity index (χ3v) is 6.35. The second kappa shape index (κ2) is 10.8. The van der Waals surface area contributed by atoms with E-state index in [1.54, 1.807) is 0 Å². The predicted molar refractivity (Wildman–Crippen MR) is 125 cm³/mol. The summed E-state index contributed by atoms with van der Waals surface area (Å²) in [7, 11) is 0. The summed E-state index contributed by atoms with van der Waals surface area (Å²) in [6, 6.07) is 7.57. The van der Waals surface area contributed by atoms with Gasteiger partial charge in [0.05, 0.1) is 29.4 Å². The van der Waals surface area contributed by atoms with Crippen LogP contribution >= 0.6 is 0 Å². The molecule has 2 N–H and O–H groups in total. The van der Waals surface area contributed by atoms with Crippen LogP contribution in [0.3, 0.4) is 0 Å². The lowest BCUT2D eigenvalue weighted by Crippen LogP contribution is -2.42. The second-order valence-corrected chi connectivity index (χ2v) is 9.17. The molecule has 0 saturated heterocycles. The summed E-state index contributed by atoms with van der Waals surface area (Å²) >= 11 is 0. The molecule has 1 aliphatic carbocycles. The molecule has 0 aliphatic heterocycles. The highest BCUT2D eigenvalue weighted by Crippen LogP contribution is 2.39. The van der Waals surface area contributed by atoms with Gasteiger partial charge in [-0.3, -0.25) is 9.59 Å². The summed E-state index contributed by atoms with van der Waals surface area (Å²) in [5.74, 6) is -2.95. The second-order valence-electron chi connectivity index (χ2n) is 9.17. The first-order valence-electron chi connectivity index (χ1n) is 11.8. The van der Waals surface area contributed by atoms with E-state index < -0.39 is 70.7 Å². The van der Waals surface area contributed by atoms with Gasteiger partial charge in [-0.25, -0.2) is 9.37 Å². The lowest BCUT2D eigenvalue weighted by atomic mass is 9.81. The van der Waals surface area contributed by atoms with Crippen LogP contribution in [0.4, 0.5) is 30.7 Å². The molecule has 4 rings (SSSR count). The Kier molecular flexibility index (Phi) is 7.82. The number of ether oxygens (including phenoxy) is 1. The number of amides is 1. The lowest BCUT2D eigenvalue weighted by Gasteiger charge is -2.34. The lowest BCUT2D eigenvalue weighted by molar-refractivity contribution is -0.140. The molecule has 0 bridgehead atoms. The van der Waals surface area contributed by atoms with Gasteiger partial charge in [-0.15, -0.1) is 0 Å². The van der Waals surface area contributed by atoms with Crippen molar-refractivity contribution < 1.29 is 40.3 Å². The fourth-order valence-corrected chi connectivity index (χ4v) is 4.29. The topological polar surface area (TPSA) is 84.1 Å². The molecule has 6 nitrogen and oxygen atoms in total. The van der Waals surface area contributed by atoms with Crippen LogP contribution < -0.4 is 10.9 Å². The Morgan fingerprint density at radius 2 is 1.69 bits per heavy atom. The number of hydrogen-bond acceptors (Lipinski definition) is 4. The number of nitrogens with zero attached hydrogens (tertiary/aromatic N) is 1. The molecule has 0 radical (unpaired) electrons. The molecule has 0 spiro atoms. The number of aromatic amines is 1.